The maximum atomic E-state index is 10.9. The van der Waals surface area contributed by atoms with Crippen molar-refractivity contribution in [2.75, 3.05) is 5.32 Å². The van der Waals surface area contributed by atoms with Gasteiger partial charge in [0, 0.05) is 17.3 Å². The molecule has 1 rings (SSSR count). The summed E-state index contributed by atoms with van der Waals surface area (Å²) in [6.45, 7) is 3.52. The van der Waals surface area contributed by atoms with Crippen molar-refractivity contribution < 1.29 is 4.79 Å². The smallest absolute Gasteiger partial charge is 0.250 e. The predicted octanol–water partition coefficient (Wildman–Crippen LogP) is 2.03. The monoisotopic (exact) mass is 197 g/mol. The van der Waals surface area contributed by atoms with Gasteiger partial charge in [0.15, 0.2) is 0 Å². The first kappa shape index (κ1) is 9.86. The van der Waals surface area contributed by atoms with Gasteiger partial charge in [0.05, 0.1) is 5.56 Å². The van der Waals surface area contributed by atoms with Crippen LogP contribution in [-0.2, 0) is 0 Å². The van der Waals surface area contributed by atoms with Crippen LogP contribution in [0.1, 0.15) is 17.3 Å². The van der Waals surface area contributed by atoms with E-state index in [9.17, 15) is 4.79 Å². The molecule has 1 radical (unpaired) electrons. The molecule has 0 atom stereocenters. The Balaban J connectivity index is 3.10. The number of carbonyl (C=O) groups excluding carboxylic acids is 1. The standard InChI is InChI=1S/C9H10ClN2O/c1-2-12-8-5-6(10)3-4-7(8)9(11)13/h2-5,12H,1H3,(H2,11,13). The highest BCUT2D eigenvalue weighted by Crippen LogP contribution is 2.20. The summed E-state index contributed by atoms with van der Waals surface area (Å²) < 4.78 is 0. The molecule has 0 spiro atoms. The number of hydrogen-bond acceptors (Lipinski definition) is 2. The zero-order valence-corrected chi connectivity index (χ0v) is 7.93. The van der Waals surface area contributed by atoms with E-state index in [0.717, 1.165) is 0 Å². The fraction of sp³-hybridized carbons (Fsp3) is 0.111. The number of anilines is 1. The number of benzene rings is 1. The molecule has 1 amide bonds. The molecule has 13 heavy (non-hydrogen) atoms. The highest BCUT2D eigenvalue weighted by Gasteiger charge is 2.07. The highest BCUT2D eigenvalue weighted by molar-refractivity contribution is 6.31. The highest BCUT2D eigenvalue weighted by atomic mass is 35.5. The van der Waals surface area contributed by atoms with Gasteiger partial charge in [-0.15, -0.1) is 0 Å². The van der Waals surface area contributed by atoms with Crippen LogP contribution in [0.25, 0.3) is 0 Å². The Morgan fingerprint density at radius 3 is 2.85 bits per heavy atom. The Morgan fingerprint density at radius 2 is 2.31 bits per heavy atom. The first-order chi connectivity index (χ1) is 6.15. The summed E-state index contributed by atoms with van der Waals surface area (Å²) >= 11 is 5.75. The van der Waals surface area contributed by atoms with Gasteiger partial charge in [-0.05, 0) is 25.1 Å². The summed E-state index contributed by atoms with van der Waals surface area (Å²) in [5.41, 5.74) is 6.22. The molecule has 0 fully saturated rings. The lowest BCUT2D eigenvalue weighted by atomic mass is 10.1. The van der Waals surface area contributed by atoms with Gasteiger partial charge in [-0.2, -0.15) is 0 Å². The molecule has 3 N–H and O–H groups in total. The molecule has 0 saturated heterocycles. The van der Waals surface area contributed by atoms with E-state index in [4.69, 9.17) is 17.3 Å². The van der Waals surface area contributed by atoms with Gasteiger partial charge >= 0.3 is 0 Å². The third-order valence-corrected chi connectivity index (χ3v) is 1.78. The number of nitrogens with two attached hydrogens (primary N) is 1. The second-order valence-electron chi connectivity index (χ2n) is 2.49. The zero-order valence-electron chi connectivity index (χ0n) is 7.17. The molecule has 0 aliphatic heterocycles. The van der Waals surface area contributed by atoms with Gasteiger partial charge in [0.2, 0.25) is 0 Å². The normalized spacial score (nSPS) is 9.69. The summed E-state index contributed by atoms with van der Waals surface area (Å²) in [5.74, 6) is -0.471. The van der Waals surface area contributed by atoms with E-state index in [2.05, 4.69) is 5.32 Å². The largest absolute Gasteiger partial charge is 0.380 e. The van der Waals surface area contributed by atoms with Gasteiger partial charge in [-0.25, -0.2) is 0 Å². The second-order valence-corrected chi connectivity index (χ2v) is 2.92. The molecule has 1 aromatic rings. The van der Waals surface area contributed by atoms with Crippen LogP contribution >= 0.6 is 11.6 Å². The van der Waals surface area contributed by atoms with Crippen molar-refractivity contribution in [2.45, 2.75) is 6.92 Å². The van der Waals surface area contributed by atoms with Gasteiger partial charge in [0.1, 0.15) is 0 Å². The van der Waals surface area contributed by atoms with Crippen LogP contribution in [0.5, 0.6) is 0 Å². The first-order valence-corrected chi connectivity index (χ1v) is 4.16. The van der Waals surface area contributed by atoms with E-state index in [-0.39, 0.29) is 0 Å². The molecule has 0 aromatic heterocycles. The molecule has 0 bridgehead atoms. The van der Waals surface area contributed by atoms with Crippen LogP contribution < -0.4 is 11.1 Å². The fourth-order valence-corrected chi connectivity index (χ4v) is 1.18. The van der Waals surface area contributed by atoms with Crippen LogP contribution in [0.2, 0.25) is 5.02 Å². The molecular formula is C9H10ClN2O. The van der Waals surface area contributed by atoms with Crippen molar-refractivity contribution in [3.63, 3.8) is 0 Å². The molecule has 0 heterocycles. The van der Waals surface area contributed by atoms with Crippen molar-refractivity contribution in [3.05, 3.63) is 35.3 Å². The van der Waals surface area contributed by atoms with Gasteiger partial charge in [-0.3, -0.25) is 4.79 Å². The number of rotatable bonds is 3. The van der Waals surface area contributed by atoms with E-state index in [1.165, 1.54) is 0 Å². The minimum atomic E-state index is -0.471. The minimum absolute atomic E-state index is 0.433. The minimum Gasteiger partial charge on any atom is -0.380 e. The summed E-state index contributed by atoms with van der Waals surface area (Å²) in [5, 5.41) is 3.45. The third kappa shape index (κ3) is 2.36. The maximum Gasteiger partial charge on any atom is 0.250 e. The van der Waals surface area contributed by atoms with Crippen LogP contribution in [0, 0.1) is 6.54 Å². The Bertz CT molecular complexity index is 325. The van der Waals surface area contributed by atoms with Crippen molar-refractivity contribution >= 4 is 23.2 Å². The number of halogens is 1. The lowest BCUT2D eigenvalue weighted by Gasteiger charge is -2.07. The topological polar surface area (TPSA) is 55.1 Å². The summed E-state index contributed by atoms with van der Waals surface area (Å²) in [6.07, 6.45) is 0. The number of amides is 1. The lowest BCUT2D eigenvalue weighted by Crippen LogP contribution is -2.13. The Labute approximate surface area is 81.9 Å². The number of carbonyl (C=O) groups is 1. The summed E-state index contributed by atoms with van der Waals surface area (Å²) in [7, 11) is 0. The van der Waals surface area contributed by atoms with E-state index >= 15 is 0 Å². The van der Waals surface area contributed by atoms with E-state index in [1.807, 2.05) is 6.92 Å². The van der Waals surface area contributed by atoms with Crippen LogP contribution in [0.3, 0.4) is 0 Å². The van der Waals surface area contributed by atoms with Gasteiger partial charge in [-0.1, -0.05) is 11.6 Å². The van der Waals surface area contributed by atoms with Crippen LogP contribution in [0.4, 0.5) is 5.69 Å². The molecule has 4 heteroatoms. The number of nitrogens with one attached hydrogen (secondary N) is 1. The lowest BCUT2D eigenvalue weighted by molar-refractivity contribution is 0.100. The summed E-state index contributed by atoms with van der Waals surface area (Å²) in [4.78, 5) is 10.9. The van der Waals surface area contributed by atoms with Crippen molar-refractivity contribution in [2.24, 2.45) is 5.73 Å². The zero-order chi connectivity index (χ0) is 9.84. The maximum absolute atomic E-state index is 10.9. The SMILES string of the molecule is C[CH]Nc1cc(Cl)ccc1C(N)=O. The molecule has 69 valence electrons. The van der Waals surface area contributed by atoms with Gasteiger partial charge in [0.25, 0.3) is 5.91 Å². The average Bonchev–Trinajstić information content (AvgIpc) is 2.04. The van der Waals surface area contributed by atoms with Crippen molar-refractivity contribution in [3.8, 4) is 0 Å². The number of primary amides is 1. The van der Waals surface area contributed by atoms with E-state index in [0.29, 0.717) is 16.3 Å². The third-order valence-electron chi connectivity index (χ3n) is 1.55. The van der Waals surface area contributed by atoms with Crippen molar-refractivity contribution in [1.82, 2.24) is 0 Å². The van der Waals surface area contributed by atoms with Gasteiger partial charge < -0.3 is 11.1 Å². The Hall–Kier alpha value is -1.22. The molecule has 0 aliphatic carbocycles. The quantitative estimate of drug-likeness (QED) is 0.779. The molecule has 3 nitrogen and oxygen atoms in total. The molecule has 0 saturated carbocycles. The van der Waals surface area contributed by atoms with E-state index < -0.39 is 5.91 Å². The predicted molar refractivity (Wildman–Crippen MR) is 53.6 cm³/mol. The Kier molecular flexibility index (Phi) is 3.14. The first-order valence-electron chi connectivity index (χ1n) is 3.79. The summed E-state index contributed by atoms with van der Waals surface area (Å²) in [6, 6.07) is 4.88. The molecule has 0 aliphatic rings. The van der Waals surface area contributed by atoms with Crippen molar-refractivity contribution in [1.29, 1.82) is 0 Å². The van der Waals surface area contributed by atoms with Crippen LogP contribution in [0.15, 0.2) is 18.2 Å². The fourth-order valence-electron chi connectivity index (χ4n) is 1.01. The Morgan fingerprint density at radius 1 is 1.62 bits per heavy atom. The van der Waals surface area contributed by atoms with Crippen LogP contribution in [-0.4, -0.2) is 5.91 Å². The second kappa shape index (κ2) is 4.14. The molecule has 1 aromatic carbocycles. The molecule has 0 unspecified atom stereocenters. The molecular weight excluding hydrogens is 188 g/mol. The average molecular weight is 198 g/mol. The van der Waals surface area contributed by atoms with E-state index in [1.54, 1.807) is 24.7 Å². The number of hydrogen-bond donors (Lipinski definition) is 2.